The molecule has 0 aromatic heterocycles. The molecule has 4 aromatic rings. The van der Waals surface area contributed by atoms with E-state index in [1.54, 1.807) is 18.2 Å². The summed E-state index contributed by atoms with van der Waals surface area (Å²) in [4.78, 5) is 25.5. The topological polar surface area (TPSA) is 96.2 Å². The monoisotopic (exact) mass is 512 g/mol. The Labute approximate surface area is 228 Å². The van der Waals surface area contributed by atoms with Crippen molar-refractivity contribution < 1.29 is 9.59 Å². The Kier molecular flexibility index (Phi) is 7.00. The summed E-state index contributed by atoms with van der Waals surface area (Å²) in [6.45, 7) is 3.92. The molecule has 5 rings (SSSR count). The highest BCUT2D eigenvalue weighted by Gasteiger charge is 2.28. The predicted molar refractivity (Wildman–Crippen MR) is 158 cm³/mol. The molecule has 0 spiro atoms. The van der Waals surface area contributed by atoms with Crippen LogP contribution in [0, 0.1) is 11.8 Å². The predicted octanol–water partition coefficient (Wildman–Crippen LogP) is 5.80. The fourth-order valence-corrected chi connectivity index (χ4v) is 4.32. The summed E-state index contributed by atoms with van der Waals surface area (Å²) in [7, 11) is 0. The molecule has 5 N–H and O–H groups in total. The van der Waals surface area contributed by atoms with Gasteiger partial charge in [0.05, 0.1) is 17.0 Å². The van der Waals surface area contributed by atoms with Gasteiger partial charge in [-0.05, 0) is 61.4 Å². The van der Waals surface area contributed by atoms with E-state index in [0.717, 1.165) is 22.4 Å². The first-order valence-corrected chi connectivity index (χ1v) is 12.6. The SMILES string of the molecule is CC(C)(N)c1ccc(N/C(=C2/C(=O)Nc3cc(C#CC(=O)Nc4ccccc4)ccc32)c2ccccc2)cc1. The largest absolute Gasteiger partial charge is 0.354 e. The van der Waals surface area contributed by atoms with E-state index in [4.69, 9.17) is 5.73 Å². The first-order valence-electron chi connectivity index (χ1n) is 12.6. The van der Waals surface area contributed by atoms with E-state index in [-0.39, 0.29) is 5.91 Å². The van der Waals surface area contributed by atoms with Gasteiger partial charge < -0.3 is 21.7 Å². The summed E-state index contributed by atoms with van der Waals surface area (Å²) < 4.78 is 0. The van der Waals surface area contributed by atoms with Crippen LogP contribution in [0.25, 0.3) is 11.3 Å². The van der Waals surface area contributed by atoms with Crippen molar-refractivity contribution in [2.45, 2.75) is 19.4 Å². The second-order valence-corrected chi connectivity index (χ2v) is 9.82. The third-order valence-corrected chi connectivity index (χ3v) is 6.33. The number of hydrogen-bond donors (Lipinski definition) is 4. The van der Waals surface area contributed by atoms with Gasteiger partial charge in [-0.2, -0.15) is 0 Å². The van der Waals surface area contributed by atoms with Crippen LogP contribution in [0.1, 0.15) is 36.1 Å². The molecule has 4 aromatic carbocycles. The zero-order valence-corrected chi connectivity index (χ0v) is 21.7. The van der Waals surface area contributed by atoms with Crippen LogP contribution in [-0.2, 0) is 15.1 Å². The lowest BCUT2D eigenvalue weighted by molar-refractivity contribution is -0.111. The first kappa shape index (κ1) is 25.5. The molecule has 2 amide bonds. The molecule has 0 unspecified atom stereocenters. The minimum Gasteiger partial charge on any atom is -0.354 e. The fraction of sp³-hybridized carbons (Fsp3) is 0.0909. The second-order valence-electron chi connectivity index (χ2n) is 9.82. The number of rotatable bonds is 5. The number of benzene rings is 4. The lowest BCUT2D eigenvalue weighted by Gasteiger charge is -2.20. The zero-order chi connectivity index (χ0) is 27.4. The van der Waals surface area contributed by atoms with E-state index >= 15 is 0 Å². The third-order valence-electron chi connectivity index (χ3n) is 6.33. The number of amides is 2. The summed E-state index contributed by atoms with van der Waals surface area (Å²) >= 11 is 0. The summed E-state index contributed by atoms with van der Waals surface area (Å²) in [5.74, 6) is 4.87. The van der Waals surface area contributed by atoms with Crippen LogP contribution in [0.15, 0.2) is 103 Å². The van der Waals surface area contributed by atoms with Crippen LogP contribution in [0.5, 0.6) is 0 Å². The Bertz CT molecular complexity index is 1620. The molecule has 0 saturated carbocycles. The Morgan fingerprint density at radius 1 is 0.821 bits per heavy atom. The van der Waals surface area contributed by atoms with Crippen molar-refractivity contribution in [2.24, 2.45) is 5.73 Å². The van der Waals surface area contributed by atoms with Gasteiger partial charge in [-0.3, -0.25) is 9.59 Å². The number of carbonyl (C=O) groups excluding carboxylic acids is 2. The number of hydrogen-bond acceptors (Lipinski definition) is 4. The second kappa shape index (κ2) is 10.7. The Morgan fingerprint density at radius 2 is 1.46 bits per heavy atom. The minimum atomic E-state index is -0.452. The zero-order valence-electron chi connectivity index (χ0n) is 21.7. The lowest BCUT2D eigenvalue weighted by atomic mass is 9.95. The van der Waals surface area contributed by atoms with Crippen molar-refractivity contribution in [1.29, 1.82) is 0 Å². The molecule has 0 bridgehead atoms. The average molecular weight is 513 g/mol. The summed E-state index contributed by atoms with van der Waals surface area (Å²) in [6, 6.07) is 32.2. The van der Waals surface area contributed by atoms with Gasteiger partial charge in [-0.1, -0.05) is 72.7 Å². The molecule has 0 aliphatic carbocycles. The van der Waals surface area contributed by atoms with Gasteiger partial charge in [0.25, 0.3) is 5.91 Å². The molecule has 1 aliphatic heterocycles. The van der Waals surface area contributed by atoms with Crippen molar-refractivity contribution in [2.75, 3.05) is 16.0 Å². The van der Waals surface area contributed by atoms with Gasteiger partial charge in [0, 0.05) is 34.0 Å². The summed E-state index contributed by atoms with van der Waals surface area (Å²) in [5.41, 5.74) is 12.4. The van der Waals surface area contributed by atoms with Crippen LogP contribution in [0.4, 0.5) is 17.1 Å². The van der Waals surface area contributed by atoms with Crippen molar-refractivity contribution >= 4 is 40.1 Å². The highest BCUT2D eigenvalue weighted by Crippen LogP contribution is 2.38. The van der Waals surface area contributed by atoms with E-state index in [1.165, 1.54) is 0 Å². The third kappa shape index (κ3) is 5.90. The molecule has 6 nitrogen and oxygen atoms in total. The smallest absolute Gasteiger partial charge is 0.300 e. The van der Waals surface area contributed by atoms with Crippen LogP contribution in [-0.4, -0.2) is 11.8 Å². The van der Waals surface area contributed by atoms with Gasteiger partial charge in [0.1, 0.15) is 0 Å². The number of carbonyl (C=O) groups is 2. The maximum Gasteiger partial charge on any atom is 0.300 e. The van der Waals surface area contributed by atoms with Gasteiger partial charge >= 0.3 is 5.91 Å². The van der Waals surface area contributed by atoms with E-state index < -0.39 is 11.4 Å². The highest BCUT2D eigenvalue weighted by molar-refractivity contribution is 6.37. The number of anilines is 3. The van der Waals surface area contributed by atoms with Crippen LogP contribution < -0.4 is 21.7 Å². The van der Waals surface area contributed by atoms with Gasteiger partial charge in [0.2, 0.25) is 0 Å². The quantitative estimate of drug-likeness (QED) is 0.201. The van der Waals surface area contributed by atoms with E-state index in [2.05, 4.69) is 27.8 Å². The number of para-hydroxylation sites is 1. The molecule has 6 heteroatoms. The molecular weight excluding hydrogens is 484 g/mol. The molecule has 192 valence electrons. The van der Waals surface area contributed by atoms with Crippen LogP contribution in [0.3, 0.4) is 0 Å². The molecule has 0 saturated heterocycles. The van der Waals surface area contributed by atoms with Crippen LogP contribution in [0.2, 0.25) is 0 Å². The van der Waals surface area contributed by atoms with E-state index in [0.29, 0.717) is 28.2 Å². The number of nitrogens with two attached hydrogens (primary N) is 1. The number of fused-ring (bicyclic) bond motifs is 1. The number of nitrogens with one attached hydrogen (secondary N) is 3. The average Bonchev–Trinajstić information content (AvgIpc) is 3.26. The molecule has 1 aliphatic rings. The van der Waals surface area contributed by atoms with Gasteiger partial charge in [0.15, 0.2) is 0 Å². The standard InChI is InChI=1S/C33H28N4O2/c1-33(2,34)24-15-17-26(18-16-24)36-31(23-9-5-3-6-10-23)30-27-19-13-22(21-28(27)37-32(30)39)14-20-29(38)35-25-11-7-4-8-12-25/h3-13,15-19,21,36H,34H2,1-2H3,(H,35,38)(H,37,39)/b31-30+. The maximum absolute atomic E-state index is 13.3. The summed E-state index contributed by atoms with van der Waals surface area (Å²) in [5, 5.41) is 9.16. The molecule has 1 heterocycles. The first-order chi connectivity index (χ1) is 18.8. The van der Waals surface area contributed by atoms with Crippen molar-refractivity contribution in [3.05, 3.63) is 125 Å². The molecule has 39 heavy (non-hydrogen) atoms. The van der Waals surface area contributed by atoms with Crippen molar-refractivity contribution in [3.8, 4) is 11.8 Å². The summed E-state index contributed by atoms with van der Waals surface area (Å²) in [6.07, 6.45) is 0. The molecule has 0 radical (unpaired) electrons. The van der Waals surface area contributed by atoms with E-state index in [1.807, 2.05) is 98.8 Å². The Hall–Kier alpha value is -5.12. The van der Waals surface area contributed by atoms with Crippen molar-refractivity contribution in [3.63, 3.8) is 0 Å². The minimum absolute atomic E-state index is 0.219. The molecular formula is C33H28N4O2. The highest BCUT2D eigenvalue weighted by atomic mass is 16.2. The fourth-order valence-electron chi connectivity index (χ4n) is 4.32. The van der Waals surface area contributed by atoms with Gasteiger partial charge in [-0.15, -0.1) is 0 Å². The van der Waals surface area contributed by atoms with Crippen molar-refractivity contribution in [1.82, 2.24) is 0 Å². The maximum atomic E-state index is 13.3. The van der Waals surface area contributed by atoms with E-state index in [9.17, 15) is 9.59 Å². The molecule has 0 fully saturated rings. The molecule has 0 atom stereocenters. The van der Waals surface area contributed by atoms with Gasteiger partial charge in [-0.25, -0.2) is 0 Å². The lowest BCUT2D eigenvalue weighted by Crippen LogP contribution is -2.28. The normalized spacial score (nSPS) is 13.5. The Balaban J connectivity index is 1.47. The van der Waals surface area contributed by atoms with Crippen LogP contribution >= 0.6 is 0 Å². The Morgan fingerprint density at radius 3 is 2.13 bits per heavy atom.